The average molecular weight is 377 g/mol. The molecule has 1 unspecified atom stereocenters. The normalized spacial score (nSPS) is 41.7. The van der Waals surface area contributed by atoms with E-state index in [2.05, 4.69) is 20.4 Å². The number of carbonyl (C=O) groups excluding carboxylic acids is 2. The van der Waals surface area contributed by atoms with E-state index in [0.717, 1.165) is 25.2 Å². The van der Waals surface area contributed by atoms with E-state index >= 15 is 0 Å². The number of allylic oxidation sites excluding steroid dienone is 1. The highest BCUT2D eigenvalue weighted by Gasteiger charge is 2.52. The second kappa shape index (κ2) is 7.60. The molecule has 3 fully saturated rings. The maximum atomic E-state index is 11.4. The molecular weight excluding hydrogens is 340 g/mol. The minimum absolute atomic E-state index is 0.0451. The lowest BCUT2D eigenvalue weighted by molar-refractivity contribution is -0.158. The van der Waals surface area contributed by atoms with Crippen LogP contribution in [0.25, 0.3) is 0 Å². The van der Waals surface area contributed by atoms with Gasteiger partial charge in [0, 0.05) is 19.8 Å². The maximum absolute atomic E-state index is 11.4. The monoisotopic (exact) mass is 376 g/mol. The van der Waals surface area contributed by atoms with Crippen molar-refractivity contribution in [1.29, 1.82) is 0 Å². The van der Waals surface area contributed by atoms with Crippen LogP contribution in [0, 0.1) is 28.6 Å². The fourth-order valence-electron chi connectivity index (χ4n) is 6.27. The van der Waals surface area contributed by atoms with Crippen LogP contribution in [-0.4, -0.2) is 24.6 Å². The Morgan fingerprint density at radius 3 is 2.44 bits per heavy atom. The highest BCUT2D eigenvalue weighted by molar-refractivity contribution is 5.66. The van der Waals surface area contributed by atoms with E-state index in [1.54, 1.807) is 0 Å². The van der Waals surface area contributed by atoms with Gasteiger partial charge in [-0.15, -0.1) is 0 Å². The van der Waals surface area contributed by atoms with E-state index in [4.69, 9.17) is 9.47 Å². The van der Waals surface area contributed by atoms with E-state index in [-0.39, 0.29) is 29.4 Å². The standard InChI is InChI=1S/C23H36O4/c1-15-6-7-18-12-19(8-10-22(15,18)4)23(5)11-9-21(27-17(3)25)13-20(23)14-26-16(2)24/h18-21H,1,6-14H2,2-5H3/t18?,19-,20+,21-,22+,23+/m0/s1. The largest absolute Gasteiger partial charge is 0.466 e. The summed E-state index contributed by atoms with van der Waals surface area (Å²) < 4.78 is 11.0. The summed E-state index contributed by atoms with van der Waals surface area (Å²) in [6.07, 6.45) is 8.85. The molecule has 0 saturated heterocycles. The molecule has 4 heteroatoms. The van der Waals surface area contributed by atoms with E-state index in [9.17, 15) is 9.59 Å². The van der Waals surface area contributed by atoms with Crippen molar-refractivity contribution < 1.29 is 19.1 Å². The fraction of sp³-hybridized carbons (Fsp3) is 0.826. The Balaban J connectivity index is 1.75. The zero-order valence-corrected chi connectivity index (χ0v) is 17.5. The SMILES string of the molecule is C=C1CCC2C[C@@H]([C@@]3(C)CC[C@H](OC(C)=O)C[C@@H]3COC(C)=O)CC[C@]12C. The van der Waals surface area contributed by atoms with Crippen molar-refractivity contribution in [3.63, 3.8) is 0 Å². The van der Waals surface area contributed by atoms with Crippen molar-refractivity contribution in [1.82, 2.24) is 0 Å². The molecular formula is C23H36O4. The summed E-state index contributed by atoms with van der Waals surface area (Å²) in [6.45, 7) is 12.6. The van der Waals surface area contributed by atoms with Crippen LogP contribution in [0.3, 0.4) is 0 Å². The van der Waals surface area contributed by atoms with Gasteiger partial charge < -0.3 is 9.47 Å². The van der Waals surface area contributed by atoms with E-state index in [0.29, 0.717) is 17.9 Å². The number of carbonyl (C=O) groups is 2. The molecule has 0 aromatic heterocycles. The third-order valence-electron chi connectivity index (χ3n) is 8.32. The number of rotatable bonds is 4. The number of hydrogen-bond acceptors (Lipinski definition) is 4. The van der Waals surface area contributed by atoms with Gasteiger partial charge in [-0.2, -0.15) is 0 Å². The number of fused-ring (bicyclic) bond motifs is 1. The molecule has 0 radical (unpaired) electrons. The van der Waals surface area contributed by atoms with E-state index in [1.807, 2.05) is 0 Å². The molecule has 0 aliphatic heterocycles. The van der Waals surface area contributed by atoms with Gasteiger partial charge in [-0.3, -0.25) is 9.59 Å². The molecule has 6 atom stereocenters. The maximum Gasteiger partial charge on any atom is 0.302 e. The molecule has 0 N–H and O–H groups in total. The van der Waals surface area contributed by atoms with Crippen molar-refractivity contribution in [3.8, 4) is 0 Å². The summed E-state index contributed by atoms with van der Waals surface area (Å²) in [5, 5.41) is 0. The first kappa shape index (κ1) is 20.4. The van der Waals surface area contributed by atoms with E-state index < -0.39 is 0 Å². The topological polar surface area (TPSA) is 52.6 Å². The zero-order chi connectivity index (χ0) is 19.8. The summed E-state index contributed by atoms with van der Waals surface area (Å²) >= 11 is 0. The lowest BCUT2D eigenvalue weighted by atomic mass is 9.53. The molecule has 3 saturated carbocycles. The molecule has 0 aromatic carbocycles. The lowest BCUT2D eigenvalue weighted by Crippen LogP contribution is -2.47. The molecule has 3 aliphatic carbocycles. The van der Waals surface area contributed by atoms with Crippen molar-refractivity contribution in [2.24, 2.45) is 28.6 Å². The van der Waals surface area contributed by atoms with Crippen molar-refractivity contribution in [2.45, 2.75) is 85.2 Å². The Morgan fingerprint density at radius 2 is 1.78 bits per heavy atom. The van der Waals surface area contributed by atoms with Crippen LogP contribution < -0.4 is 0 Å². The van der Waals surface area contributed by atoms with Gasteiger partial charge in [0.05, 0.1) is 6.61 Å². The lowest BCUT2D eigenvalue weighted by Gasteiger charge is -2.53. The summed E-state index contributed by atoms with van der Waals surface area (Å²) in [5.41, 5.74) is 1.91. The van der Waals surface area contributed by atoms with Crippen LogP contribution in [0.5, 0.6) is 0 Å². The van der Waals surface area contributed by atoms with Gasteiger partial charge in [0.25, 0.3) is 0 Å². The summed E-state index contributed by atoms with van der Waals surface area (Å²) in [7, 11) is 0. The molecule has 0 spiro atoms. The average Bonchev–Trinajstić information content (AvgIpc) is 2.89. The second-order valence-corrected chi connectivity index (χ2v) is 9.74. The predicted octanol–water partition coefficient (Wildman–Crippen LogP) is 5.06. The van der Waals surface area contributed by atoms with Gasteiger partial charge in [0.15, 0.2) is 0 Å². The molecule has 0 bridgehead atoms. The number of esters is 2. The third kappa shape index (κ3) is 3.95. The first-order valence-electron chi connectivity index (χ1n) is 10.6. The summed E-state index contributed by atoms with van der Waals surface area (Å²) in [6, 6.07) is 0. The molecule has 0 aromatic rings. The Bertz CT molecular complexity index is 611. The van der Waals surface area contributed by atoms with Crippen molar-refractivity contribution in [2.75, 3.05) is 6.61 Å². The zero-order valence-electron chi connectivity index (χ0n) is 17.5. The Kier molecular flexibility index (Phi) is 5.74. The minimum atomic E-state index is -0.227. The highest BCUT2D eigenvalue weighted by Crippen LogP contribution is 2.61. The smallest absolute Gasteiger partial charge is 0.302 e. The Morgan fingerprint density at radius 1 is 1.04 bits per heavy atom. The molecule has 0 amide bonds. The van der Waals surface area contributed by atoms with Crippen molar-refractivity contribution in [3.05, 3.63) is 12.2 Å². The summed E-state index contributed by atoms with van der Waals surface area (Å²) in [4.78, 5) is 22.9. The quantitative estimate of drug-likeness (QED) is 0.508. The highest BCUT2D eigenvalue weighted by atomic mass is 16.5. The molecule has 152 valence electrons. The molecule has 0 heterocycles. The van der Waals surface area contributed by atoms with Gasteiger partial charge in [-0.1, -0.05) is 26.0 Å². The van der Waals surface area contributed by atoms with Crippen LogP contribution >= 0.6 is 0 Å². The van der Waals surface area contributed by atoms with Gasteiger partial charge in [-0.05, 0) is 74.0 Å². The van der Waals surface area contributed by atoms with Crippen LogP contribution in [0.4, 0.5) is 0 Å². The first-order chi connectivity index (χ1) is 12.6. The first-order valence-corrected chi connectivity index (χ1v) is 10.6. The molecule has 3 rings (SSSR count). The second-order valence-electron chi connectivity index (χ2n) is 9.74. The molecule has 3 aliphatic rings. The van der Waals surface area contributed by atoms with Gasteiger partial charge >= 0.3 is 11.9 Å². The Labute approximate surface area is 164 Å². The van der Waals surface area contributed by atoms with Crippen LogP contribution in [0.2, 0.25) is 0 Å². The molecule has 27 heavy (non-hydrogen) atoms. The van der Waals surface area contributed by atoms with Crippen LogP contribution in [-0.2, 0) is 19.1 Å². The van der Waals surface area contributed by atoms with Gasteiger partial charge in [0.1, 0.15) is 6.10 Å². The van der Waals surface area contributed by atoms with Crippen LogP contribution in [0.15, 0.2) is 12.2 Å². The van der Waals surface area contributed by atoms with Crippen LogP contribution in [0.1, 0.15) is 79.1 Å². The Hall–Kier alpha value is -1.32. The van der Waals surface area contributed by atoms with E-state index in [1.165, 1.54) is 51.5 Å². The number of ether oxygens (including phenoxy) is 2. The molecule has 4 nitrogen and oxygen atoms in total. The number of hydrogen-bond donors (Lipinski definition) is 0. The predicted molar refractivity (Wildman–Crippen MR) is 105 cm³/mol. The minimum Gasteiger partial charge on any atom is -0.466 e. The fourth-order valence-corrected chi connectivity index (χ4v) is 6.27. The summed E-state index contributed by atoms with van der Waals surface area (Å²) in [5.74, 6) is 1.18. The van der Waals surface area contributed by atoms with Crippen molar-refractivity contribution >= 4 is 11.9 Å². The van der Waals surface area contributed by atoms with Gasteiger partial charge in [-0.25, -0.2) is 0 Å². The van der Waals surface area contributed by atoms with Gasteiger partial charge in [0.2, 0.25) is 0 Å². The third-order valence-corrected chi connectivity index (χ3v) is 8.32.